The molecule has 192 valence electrons. The zero-order chi connectivity index (χ0) is 25.2. The fraction of sp³-hybridized carbons (Fsp3) is 0.520. The minimum Gasteiger partial charge on any atom is -0.354 e. The lowest BCUT2D eigenvalue weighted by molar-refractivity contribution is -0.119. The molecule has 2 aliphatic carbocycles. The second-order valence-corrected chi connectivity index (χ2v) is 9.92. The van der Waals surface area contributed by atoms with Crippen molar-refractivity contribution in [3.8, 4) is 0 Å². The highest BCUT2D eigenvalue weighted by Crippen LogP contribution is 2.35. The number of benzene rings is 1. The Morgan fingerprint density at radius 2 is 1.75 bits per heavy atom. The molecule has 2 saturated carbocycles. The predicted octanol–water partition coefficient (Wildman–Crippen LogP) is 4.15. The molecule has 2 fully saturated rings. The highest BCUT2D eigenvalue weighted by molar-refractivity contribution is 5.77. The number of halogens is 2. The van der Waals surface area contributed by atoms with Gasteiger partial charge in [0.1, 0.15) is 17.2 Å². The lowest BCUT2D eigenvalue weighted by atomic mass is 9.91. The fourth-order valence-corrected chi connectivity index (χ4v) is 5.32. The number of hydrogen-bond acceptors (Lipinski definition) is 7. The van der Waals surface area contributed by atoms with Crippen LogP contribution in [0.15, 0.2) is 24.4 Å². The summed E-state index contributed by atoms with van der Waals surface area (Å²) < 4.78 is 29.9. The van der Waals surface area contributed by atoms with E-state index in [1.165, 1.54) is 19.1 Å². The van der Waals surface area contributed by atoms with E-state index in [9.17, 15) is 13.6 Å². The fourth-order valence-electron chi connectivity index (χ4n) is 5.32. The van der Waals surface area contributed by atoms with Crippen LogP contribution in [-0.2, 0) is 4.79 Å². The second-order valence-electron chi connectivity index (χ2n) is 9.92. The average molecular weight is 499 g/mol. The highest BCUT2D eigenvalue weighted by atomic mass is 19.1. The molecule has 5 rings (SSSR count). The third-order valence-electron chi connectivity index (χ3n) is 7.18. The molecule has 0 saturated heterocycles. The Balaban J connectivity index is 1.46. The van der Waals surface area contributed by atoms with Gasteiger partial charge in [0.2, 0.25) is 17.8 Å². The Labute approximate surface area is 208 Å². The Hall–Kier alpha value is -3.34. The van der Waals surface area contributed by atoms with Gasteiger partial charge in [0.05, 0.1) is 11.9 Å². The van der Waals surface area contributed by atoms with Gasteiger partial charge >= 0.3 is 0 Å². The van der Waals surface area contributed by atoms with E-state index in [1.54, 1.807) is 6.20 Å². The van der Waals surface area contributed by atoms with Crippen LogP contribution in [0.5, 0.6) is 0 Å². The van der Waals surface area contributed by atoms with Crippen LogP contribution in [0.25, 0.3) is 11.2 Å². The highest BCUT2D eigenvalue weighted by Gasteiger charge is 2.28. The summed E-state index contributed by atoms with van der Waals surface area (Å²) in [5.41, 5.74) is 7.40. The van der Waals surface area contributed by atoms with Gasteiger partial charge in [-0.3, -0.25) is 9.36 Å². The number of amides is 1. The molecule has 0 bridgehead atoms. The monoisotopic (exact) mass is 498 g/mol. The Morgan fingerprint density at radius 3 is 2.44 bits per heavy atom. The molecule has 0 atom stereocenters. The van der Waals surface area contributed by atoms with E-state index in [0.717, 1.165) is 57.4 Å². The van der Waals surface area contributed by atoms with Crippen molar-refractivity contribution in [3.63, 3.8) is 0 Å². The van der Waals surface area contributed by atoms with Gasteiger partial charge in [-0.1, -0.05) is 0 Å². The zero-order valence-electron chi connectivity index (χ0n) is 20.3. The quantitative estimate of drug-likeness (QED) is 0.403. The molecule has 36 heavy (non-hydrogen) atoms. The number of imidazole rings is 1. The SMILES string of the molecule is CC(=O)N[C@H]1CC[C@H](n2c(Nc3ccc(F)cc3F)nc3cnc(N[C@H]4CC[C@H](N)CC4)nc32)CC1. The summed E-state index contributed by atoms with van der Waals surface area (Å²) >= 11 is 0. The van der Waals surface area contributed by atoms with Crippen molar-refractivity contribution >= 4 is 34.7 Å². The van der Waals surface area contributed by atoms with Gasteiger partial charge in [0, 0.05) is 37.2 Å². The lowest BCUT2D eigenvalue weighted by Crippen LogP contribution is -2.36. The number of nitrogens with one attached hydrogen (secondary N) is 3. The maximum atomic E-state index is 14.5. The first-order valence-corrected chi connectivity index (χ1v) is 12.6. The summed E-state index contributed by atoms with van der Waals surface area (Å²) in [4.78, 5) is 25.4. The summed E-state index contributed by atoms with van der Waals surface area (Å²) in [6.45, 7) is 1.53. The summed E-state index contributed by atoms with van der Waals surface area (Å²) in [5, 5.41) is 9.48. The smallest absolute Gasteiger partial charge is 0.224 e. The molecule has 2 aromatic heterocycles. The molecule has 0 spiro atoms. The summed E-state index contributed by atoms with van der Waals surface area (Å²) in [6, 6.07) is 4.08. The van der Waals surface area contributed by atoms with Crippen LogP contribution in [0.3, 0.4) is 0 Å². The molecule has 1 aromatic carbocycles. The van der Waals surface area contributed by atoms with Crippen molar-refractivity contribution in [2.75, 3.05) is 10.6 Å². The minimum atomic E-state index is -0.702. The van der Waals surface area contributed by atoms with Crippen LogP contribution in [0, 0.1) is 11.6 Å². The third-order valence-corrected chi connectivity index (χ3v) is 7.18. The van der Waals surface area contributed by atoms with Gasteiger partial charge in [0.15, 0.2) is 5.65 Å². The summed E-state index contributed by atoms with van der Waals surface area (Å²) in [6.07, 6.45) is 8.75. The van der Waals surface area contributed by atoms with Crippen molar-refractivity contribution in [1.29, 1.82) is 0 Å². The van der Waals surface area contributed by atoms with Crippen LogP contribution < -0.4 is 21.7 Å². The zero-order valence-corrected chi connectivity index (χ0v) is 20.3. The van der Waals surface area contributed by atoms with Crippen LogP contribution in [-0.4, -0.2) is 43.6 Å². The molecule has 2 aliphatic rings. The molecule has 3 aromatic rings. The van der Waals surface area contributed by atoms with E-state index in [1.807, 2.05) is 4.57 Å². The van der Waals surface area contributed by atoms with Gasteiger partial charge in [-0.15, -0.1) is 0 Å². The Bertz CT molecular complexity index is 1230. The number of hydrogen-bond donors (Lipinski definition) is 4. The third kappa shape index (κ3) is 5.40. The maximum absolute atomic E-state index is 14.5. The number of carbonyl (C=O) groups excluding carboxylic acids is 1. The molecule has 1 amide bonds. The molecular formula is C25H32F2N8O. The van der Waals surface area contributed by atoms with Gasteiger partial charge in [0.25, 0.3) is 0 Å². The first-order chi connectivity index (χ1) is 17.4. The van der Waals surface area contributed by atoms with Crippen molar-refractivity contribution in [1.82, 2.24) is 24.8 Å². The largest absolute Gasteiger partial charge is 0.354 e. The first kappa shape index (κ1) is 24.4. The van der Waals surface area contributed by atoms with Crippen LogP contribution in [0.2, 0.25) is 0 Å². The van der Waals surface area contributed by atoms with Crippen LogP contribution >= 0.6 is 0 Å². The Kier molecular flexibility index (Phi) is 6.99. The molecule has 11 heteroatoms. The maximum Gasteiger partial charge on any atom is 0.224 e. The molecule has 9 nitrogen and oxygen atoms in total. The molecule has 5 N–H and O–H groups in total. The Morgan fingerprint density at radius 1 is 1.03 bits per heavy atom. The van der Waals surface area contributed by atoms with E-state index in [2.05, 4.69) is 25.9 Å². The minimum absolute atomic E-state index is 0.0344. The van der Waals surface area contributed by atoms with E-state index in [-0.39, 0.29) is 35.8 Å². The topological polar surface area (TPSA) is 123 Å². The van der Waals surface area contributed by atoms with E-state index in [0.29, 0.717) is 23.1 Å². The van der Waals surface area contributed by atoms with E-state index in [4.69, 9.17) is 10.7 Å². The van der Waals surface area contributed by atoms with Crippen molar-refractivity contribution in [2.45, 2.75) is 82.5 Å². The van der Waals surface area contributed by atoms with Gasteiger partial charge in [-0.2, -0.15) is 4.98 Å². The molecule has 2 heterocycles. The molecule has 0 unspecified atom stereocenters. The van der Waals surface area contributed by atoms with Crippen LogP contribution in [0.4, 0.5) is 26.4 Å². The van der Waals surface area contributed by atoms with Gasteiger partial charge in [-0.25, -0.2) is 18.7 Å². The normalized spacial score (nSPS) is 24.4. The summed E-state index contributed by atoms with van der Waals surface area (Å²) in [5.74, 6) is -0.433. The second kappa shape index (κ2) is 10.3. The number of fused-ring (bicyclic) bond motifs is 1. The van der Waals surface area contributed by atoms with Gasteiger partial charge < -0.3 is 21.7 Å². The standard InChI is InChI=1S/C25H32F2N8O/c1-14(36)30-17-7-9-19(10-8-17)35-23-22(33-25(35)32-21-11-2-15(26)12-20(21)27)13-29-24(34-23)31-18-5-3-16(28)4-6-18/h2,11-13,16-19H,3-10,28H2,1H3,(H,30,36)(H,32,33)(H,29,31,34)/t16-,17-,18-,19-. The van der Waals surface area contributed by atoms with Crippen LogP contribution in [0.1, 0.15) is 64.3 Å². The first-order valence-electron chi connectivity index (χ1n) is 12.6. The molecular weight excluding hydrogens is 466 g/mol. The average Bonchev–Trinajstić information content (AvgIpc) is 3.20. The van der Waals surface area contributed by atoms with Crippen molar-refractivity contribution in [2.24, 2.45) is 5.73 Å². The van der Waals surface area contributed by atoms with E-state index < -0.39 is 11.6 Å². The van der Waals surface area contributed by atoms with Crippen molar-refractivity contribution < 1.29 is 13.6 Å². The number of aromatic nitrogens is 4. The number of nitrogens with zero attached hydrogens (tertiary/aromatic N) is 4. The summed E-state index contributed by atoms with van der Waals surface area (Å²) in [7, 11) is 0. The molecule has 0 aliphatic heterocycles. The number of nitrogens with two attached hydrogens (primary N) is 1. The van der Waals surface area contributed by atoms with Crippen molar-refractivity contribution in [3.05, 3.63) is 36.0 Å². The number of rotatable bonds is 6. The number of carbonyl (C=O) groups is 1. The van der Waals surface area contributed by atoms with E-state index >= 15 is 0 Å². The predicted molar refractivity (Wildman–Crippen MR) is 134 cm³/mol. The van der Waals surface area contributed by atoms with Gasteiger partial charge in [-0.05, 0) is 63.5 Å². The lowest BCUT2D eigenvalue weighted by Gasteiger charge is -2.31. The molecule has 0 radical (unpaired) electrons. The number of anilines is 3.